The highest BCUT2D eigenvalue weighted by atomic mass is 16.5. The summed E-state index contributed by atoms with van der Waals surface area (Å²) in [5.41, 5.74) is 7.01. The van der Waals surface area contributed by atoms with E-state index in [9.17, 15) is 4.79 Å². The molecule has 0 saturated carbocycles. The first-order valence-corrected chi connectivity index (χ1v) is 3.51. The first kappa shape index (κ1) is 8.45. The number of esters is 1. The molecule has 0 radical (unpaired) electrons. The fraction of sp³-hybridized carbons (Fsp3) is 0.286. The second kappa shape index (κ2) is 3.66. The summed E-state index contributed by atoms with van der Waals surface area (Å²) in [7, 11) is 0. The number of carbonyl (C=O) groups is 1. The average Bonchev–Trinajstić information content (AvgIpc) is 2.51. The van der Waals surface area contributed by atoms with Gasteiger partial charge in [0.25, 0.3) is 0 Å². The van der Waals surface area contributed by atoms with E-state index in [1.165, 1.54) is 6.07 Å². The highest BCUT2D eigenvalue weighted by Gasteiger charge is 2.12. The van der Waals surface area contributed by atoms with Crippen molar-refractivity contribution in [2.45, 2.75) is 6.92 Å². The van der Waals surface area contributed by atoms with Gasteiger partial charge >= 0.3 is 5.97 Å². The highest BCUT2D eigenvalue weighted by Crippen LogP contribution is 2.16. The molecule has 1 aromatic rings. The lowest BCUT2D eigenvalue weighted by Crippen LogP contribution is -2.03. The molecule has 0 aromatic carbocycles. The summed E-state index contributed by atoms with van der Waals surface area (Å²) in [6.07, 6.45) is 1.54. The van der Waals surface area contributed by atoms with E-state index in [4.69, 9.17) is 10.3 Å². The van der Waals surface area contributed by atoms with E-state index in [0.29, 0.717) is 12.2 Å². The Hall–Kier alpha value is -1.65. The zero-order chi connectivity index (χ0) is 8.97. The van der Waals surface area contributed by atoms with Crippen molar-refractivity contribution in [3.63, 3.8) is 0 Å². The normalized spacial score (nSPS) is 9.42. The van der Waals surface area contributed by atoms with Crippen LogP contribution in [0.15, 0.2) is 17.4 Å². The zero-order valence-electron chi connectivity index (χ0n) is 6.63. The summed E-state index contributed by atoms with van der Waals surface area (Å²) in [5, 5.41) is 3.13. The third-order valence-corrected chi connectivity index (χ3v) is 1.33. The molecule has 0 aliphatic carbocycles. The van der Waals surface area contributed by atoms with Crippen LogP contribution in [-0.2, 0) is 4.74 Å². The Kier molecular flexibility index (Phi) is 2.57. The molecule has 0 aliphatic heterocycles. The predicted molar refractivity (Wildman–Crippen MR) is 41.6 cm³/mol. The van der Waals surface area contributed by atoms with Crippen molar-refractivity contribution in [1.82, 2.24) is 4.98 Å². The third-order valence-electron chi connectivity index (χ3n) is 1.33. The van der Waals surface area contributed by atoms with Gasteiger partial charge in [0.1, 0.15) is 5.56 Å². The highest BCUT2D eigenvalue weighted by molar-refractivity contribution is 5.94. The number of carbonyl (C=O) groups excluding carboxylic acids is 1. The maximum Gasteiger partial charge on any atom is 0.342 e. The molecule has 0 saturated heterocycles. The van der Waals surface area contributed by atoms with Crippen LogP contribution in [0.3, 0.4) is 0 Å². The van der Waals surface area contributed by atoms with Crippen molar-refractivity contribution in [3.05, 3.63) is 17.8 Å². The van der Waals surface area contributed by atoms with E-state index in [0.717, 1.165) is 0 Å². The van der Waals surface area contributed by atoms with Crippen LogP contribution >= 0.6 is 0 Å². The molecule has 0 fully saturated rings. The Morgan fingerprint density at radius 3 is 3.17 bits per heavy atom. The maximum atomic E-state index is 11.1. The SMILES string of the molecule is CCOC(=O)c1cc[nH]c1N=N. The maximum absolute atomic E-state index is 11.1. The van der Waals surface area contributed by atoms with Crippen LogP contribution in [0.25, 0.3) is 0 Å². The molecular weight excluding hydrogens is 158 g/mol. The lowest BCUT2D eigenvalue weighted by atomic mass is 10.3. The summed E-state index contributed by atoms with van der Waals surface area (Å²) in [5.74, 6) is -0.224. The first-order chi connectivity index (χ1) is 5.79. The zero-order valence-corrected chi connectivity index (χ0v) is 6.63. The van der Waals surface area contributed by atoms with Gasteiger partial charge in [-0.2, -0.15) is 0 Å². The van der Waals surface area contributed by atoms with Crippen LogP contribution in [0.5, 0.6) is 0 Å². The lowest BCUT2D eigenvalue weighted by Gasteiger charge is -1.98. The predicted octanol–water partition coefficient (Wildman–Crippen LogP) is 1.85. The summed E-state index contributed by atoms with van der Waals surface area (Å²) in [4.78, 5) is 13.7. The van der Waals surface area contributed by atoms with Gasteiger partial charge in [0, 0.05) is 6.20 Å². The van der Waals surface area contributed by atoms with Crippen molar-refractivity contribution in [2.75, 3.05) is 6.61 Å². The van der Waals surface area contributed by atoms with Gasteiger partial charge in [-0.25, -0.2) is 10.3 Å². The summed E-state index contributed by atoms with van der Waals surface area (Å²) >= 11 is 0. The fourth-order valence-corrected chi connectivity index (χ4v) is 0.827. The first-order valence-electron chi connectivity index (χ1n) is 3.51. The van der Waals surface area contributed by atoms with Gasteiger partial charge in [0.2, 0.25) is 0 Å². The van der Waals surface area contributed by atoms with E-state index >= 15 is 0 Å². The number of hydrogen-bond donors (Lipinski definition) is 2. The minimum atomic E-state index is -0.454. The Morgan fingerprint density at radius 2 is 2.58 bits per heavy atom. The van der Waals surface area contributed by atoms with Crippen molar-refractivity contribution < 1.29 is 9.53 Å². The smallest absolute Gasteiger partial charge is 0.342 e. The quantitative estimate of drug-likeness (QED) is 0.532. The Morgan fingerprint density at radius 1 is 1.83 bits per heavy atom. The third kappa shape index (κ3) is 1.50. The van der Waals surface area contributed by atoms with E-state index in [1.807, 2.05) is 0 Å². The second-order valence-corrected chi connectivity index (χ2v) is 2.07. The van der Waals surface area contributed by atoms with Gasteiger partial charge < -0.3 is 9.72 Å². The minimum absolute atomic E-state index is 0.230. The van der Waals surface area contributed by atoms with Gasteiger partial charge in [0.05, 0.1) is 6.61 Å². The average molecular weight is 167 g/mol. The van der Waals surface area contributed by atoms with Crippen molar-refractivity contribution in [3.8, 4) is 0 Å². The molecule has 0 bridgehead atoms. The molecule has 0 atom stereocenters. The standard InChI is InChI=1S/C7H9N3O2/c1-2-12-7(11)5-3-4-9-6(5)10-8/h3-4,8-9H,2H2,1H3. The van der Waals surface area contributed by atoms with Gasteiger partial charge in [-0.05, 0) is 13.0 Å². The van der Waals surface area contributed by atoms with Crippen LogP contribution < -0.4 is 0 Å². The molecule has 0 amide bonds. The molecule has 64 valence electrons. The molecule has 0 spiro atoms. The van der Waals surface area contributed by atoms with Gasteiger partial charge in [-0.3, -0.25) is 0 Å². The topological polar surface area (TPSA) is 78.3 Å². The molecule has 0 aliphatic rings. The monoisotopic (exact) mass is 167 g/mol. The van der Waals surface area contributed by atoms with Crippen LogP contribution in [0.4, 0.5) is 5.82 Å². The number of aromatic amines is 1. The molecule has 5 nitrogen and oxygen atoms in total. The number of nitrogens with zero attached hydrogens (tertiary/aromatic N) is 1. The summed E-state index contributed by atoms with van der Waals surface area (Å²) in [6, 6.07) is 1.53. The number of rotatable bonds is 3. The van der Waals surface area contributed by atoms with Gasteiger partial charge in [0.15, 0.2) is 5.82 Å². The molecule has 1 aromatic heterocycles. The summed E-state index contributed by atoms with van der Waals surface area (Å²) in [6.45, 7) is 2.05. The van der Waals surface area contributed by atoms with Crippen molar-refractivity contribution in [2.24, 2.45) is 5.11 Å². The Labute approximate surface area is 69.2 Å². The molecule has 1 rings (SSSR count). The molecular formula is C7H9N3O2. The van der Waals surface area contributed by atoms with Gasteiger partial charge in [-0.1, -0.05) is 0 Å². The van der Waals surface area contributed by atoms with E-state index in [2.05, 4.69) is 10.1 Å². The van der Waals surface area contributed by atoms with E-state index in [1.54, 1.807) is 13.1 Å². The number of ether oxygens (including phenoxy) is 1. The van der Waals surface area contributed by atoms with Gasteiger partial charge in [-0.15, -0.1) is 5.11 Å². The molecule has 2 N–H and O–H groups in total. The second-order valence-electron chi connectivity index (χ2n) is 2.07. The largest absolute Gasteiger partial charge is 0.462 e. The van der Waals surface area contributed by atoms with E-state index < -0.39 is 5.97 Å². The molecule has 5 heteroatoms. The van der Waals surface area contributed by atoms with Crippen LogP contribution in [-0.4, -0.2) is 17.6 Å². The number of aromatic nitrogens is 1. The molecule has 12 heavy (non-hydrogen) atoms. The lowest BCUT2D eigenvalue weighted by molar-refractivity contribution is 0.0527. The van der Waals surface area contributed by atoms with Crippen LogP contribution in [0, 0.1) is 5.53 Å². The number of H-pyrrole nitrogens is 1. The number of nitrogens with one attached hydrogen (secondary N) is 2. The molecule has 1 heterocycles. The fourth-order valence-electron chi connectivity index (χ4n) is 0.827. The van der Waals surface area contributed by atoms with Crippen molar-refractivity contribution in [1.29, 1.82) is 5.53 Å². The Bertz CT molecular complexity index is 293. The van der Waals surface area contributed by atoms with Crippen LogP contribution in [0.2, 0.25) is 0 Å². The van der Waals surface area contributed by atoms with E-state index in [-0.39, 0.29) is 5.82 Å². The minimum Gasteiger partial charge on any atom is -0.462 e. The summed E-state index contributed by atoms with van der Waals surface area (Å²) < 4.78 is 4.73. The van der Waals surface area contributed by atoms with Crippen molar-refractivity contribution >= 4 is 11.8 Å². The Balaban J connectivity index is 2.86. The van der Waals surface area contributed by atoms with Crippen LogP contribution in [0.1, 0.15) is 17.3 Å². The molecule has 0 unspecified atom stereocenters. The number of hydrogen-bond acceptors (Lipinski definition) is 4.